The molecule has 1 aliphatic carbocycles. The molecular formula is C18H28N4O3. The van der Waals surface area contributed by atoms with Gasteiger partial charge in [-0.2, -0.15) is 4.98 Å². The molecule has 0 N–H and O–H groups in total. The van der Waals surface area contributed by atoms with Crippen molar-refractivity contribution in [2.24, 2.45) is 5.92 Å². The van der Waals surface area contributed by atoms with Gasteiger partial charge >= 0.3 is 0 Å². The van der Waals surface area contributed by atoms with Crippen LogP contribution in [0.25, 0.3) is 0 Å². The first-order valence-electron chi connectivity index (χ1n) is 9.63. The van der Waals surface area contributed by atoms with Crippen LogP contribution in [0.3, 0.4) is 0 Å². The molecule has 0 bridgehead atoms. The Morgan fingerprint density at radius 3 is 2.80 bits per heavy atom. The molecule has 2 aliphatic heterocycles. The molecule has 3 fully saturated rings. The van der Waals surface area contributed by atoms with Crippen LogP contribution in [0.2, 0.25) is 0 Å². The topological polar surface area (TPSA) is 71.7 Å². The second kappa shape index (κ2) is 7.41. The quantitative estimate of drug-likeness (QED) is 0.775. The molecule has 3 heterocycles. The van der Waals surface area contributed by atoms with Crippen molar-refractivity contribution in [2.75, 3.05) is 39.4 Å². The van der Waals surface area contributed by atoms with Crippen molar-refractivity contribution in [1.29, 1.82) is 0 Å². The third-order valence-electron chi connectivity index (χ3n) is 5.65. The van der Waals surface area contributed by atoms with E-state index in [0.29, 0.717) is 36.6 Å². The Kier molecular flexibility index (Phi) is 5.03. The van der Waals surface area contributed by atoms with Crippen molar-refractivity contribution >= 4 is 5.91 Å². The first-order valence-corrected chi connectivity index (χ1v) is 9.63. The van der Waals surface area contributed by atoms with Crippen molar-refractivity contribution in [3.05, 3.63) is 11.7 Å². The Hall–Kier alpha value is -1.47. The molecule has 4 rings (SSSR count). The second-order valence-corrected chi connectivity index (χ2v) is 7.67. The molecule has 0 aromatic carbocycles. The summed E-state index contributed by atoms with van der Waals surface area (Å²) in [5.41, 5.74) is 0. The van der Waals surface area contributed by atoms with Crippen LogP contribution in [0.4, 0.5) is 0 Å². The molecule has 7 nitrogen and oxygen atoms in total. The summed E-state index contributed by atoms with van der Waals surface area (Å²) in [5.74, 6) is 2.82. The van der Waals surface area contributed by atoms with Crippen LogP contribution in [-0.2, 0) is 16.0 Å². The van der Waals surface area contributed by atoms with Crippen LogP contribution in [-0.4, -0.2) is 71.3 Å². The lowest BCUT2D eigenvalue weighted by molar-refractivity contribution is -0.130. The molecule has 1 saturated carbocycles. The monoisotopic (exact) mass is 348 g/mol. The van der Waals surface area contributed by atoms with Crippen molar-refractivity contribution in [2.45, 2.75) is 51.0 Å². The predicted octanol–water partition coefficient (Wildman–Crippen LogP) is 1.45. The Bertz CT molecular complexity index is 595. The number of hydrogen-bond acceptors (Lipinski definition) is 6. The summed E-state index contributed by atoms with van der Waals surface area (Å²) in [5, 5.41) is 4.03. The van der Waals surface area contributed by atoms with E-state index in [-0.39, 0.29) is 5.91 Å². The summed E-state index contributed by atoms with van der Waals surface area (Å²) in [6, 6.07) is 0.477. The van der Waals surface area contributed by atoms with Crippen LogP contribution < -0.4 is 0 Å². The van der Waals surface area contributed by atoms with Gasteiger partial charge in [-0.15, -0.1) is 0 Å². The summed E-state index contributed by atoms with van der Waals surface area (Å²) < 4.78 is 10.7. The third-order valence-corrected chi connectivity index (χ3v) is 5.65. The van der Waals surface area contributed by atoms with E-state index in [1.54, 1.807) is 0 Å². The first kappa shape index (κ1) is 17.0. The number of rotatable bonds is 6. The lowest BCUT2D eigenvalue weighted by Crippen LogP contribution is -2.47. The van der Waals surface area contributed by atoms with Crippen LogP contribution in [0.5, 0.6) is 0 Å². The molecule has 3 aliphatic rings. The number of aryl methyl sites for hydroxylation is 1. The summed E-state index contributed by atoms with van der Waals surface area (Å²) >= 11 is 0. The first-order chi connectivity index (χ1) is 12.2. The van der Waals surface area contributed by atoms with E-state index in [1.807, 2.05) is 4.90 Å². The largest absolute Gasteiger partial charge is 0.379 e. The van der Waals surface area contributed by atoms with E-state index in [1.165, 1.54) is 12.8 Å². The fourth-order valence-corrected chi connectivity index (χ4v) is 3.96. The van der Waals surface area contributed by atoms with Crippen LogP contribution in [0.15, 0.2) is 4.52 Å². The van der Waals surface area contributed by atoms with E-state index in [4.69, 9.17) is 9.26 Å². The average Bonchev–Trinajstić information content (AvgIpc) is 3.25. The molecule has 0 unspecified atom stereocenters. The molecular weight excluding hydrogens is 320 g/mol. The maximum atomic E-state index is 12.5. The van der Waals surface area contributed by atoms with Crippen LogP contribution in [0.1, 0.15) is 50.2 Å². The Balaban J connectivity index is 1.22. The van der Waals surface area contributed by atoms with Crippen molar-refractivity contribution in [3.63, 3.8) is 0 Å². The number of ether oxygens (including phenoxy) is 1. The molecule has 1 aromatic rings. The lowest BCUT2D eigenvalue weighted by atomic mass is 10.0. The number of morpholine rings is 1. The Morgan fingerprint density at radius 1 is 1.24 bits per heavy atom. The standard InChI is InChI=1S/C18H28N4O3/c1-13-11-22(12-15(13)21-7-9-24-10-8-21)17(23)4-2-3-16-19-18(20-25-16)14-5-6-14/h13-15H,2-12H2,1H3/t13-,15-/m1/s1. The molecule has 1 aromatic heterocycles. The van der Waals surface area contributed by atoms with Gasteiger partial charge < -0.3 is 14.2 Å². The highest BCUT2D eigenvalue weighted by Crippen LogP contribution is 2.38. The average molecular weight is 348 g/mol. The highest BCUT2D eigenvalue weighted by molar-refractivity contribution is 5.76. The highest BCUT2D eigenvalue weighted by Gasteiger charge is 2.36. The molecule has 0 spiro atoms. The minimum atomic E-state index is 0.254. The van der Waals surface area contributed by atoms with Crippen molar-refractivity contribution < 1.29 is 14.1 Å². The molecule has 1 amide bonds. The number of aromatic nitrogens is 2. The number of carbonyl (C=O) groups excluding carboxylic acids is 1. The Labute approximate surface area is 148 Å². The van der Waals surface area contributed by atoms with E-state index < -0.39 is 0 Å². The zero-order valence-corrected chi connectivity index (χ0v) is 15.0. The van der Waals surface area contributed by atoms with E-state index in [9.17, 15) is 4.79 Å². The van der Waals surface area contributed by atoms with Gasteiger partial charge in [0.2, 0.25) is 11.8 Å². The van der Waals surface area contributed by atoms with Gasteiger partial charge in [0.1, 0.15) is 0 Å². The molecule has 7 heteroatoms. The van der Waals surface area contributed by atoms with Gasteiger partial charge in [-0.1, -0.05) is 12.1 Å². The summed E-state index contributed by atoms with van der Waals surface area (Å²) in [4.78, 5) is 21.5. The minimum absolute atomic E-state index is 0.254. The number of hydrogen-bond donors (Lipinski definition) is 0. The molecule has 0 radical (unpaired) electrons. The van der Waals surface area contributed by atoms with Gasteiger partial charge in [-0.3, -0.25) is 9.69 Å². The Morgan fingerprint density at radius 2 is 2.04 bits per heavy atom. The SMILES string of the molecule is C[C@@H]1CN(C(=O)CCCc2nc(C3CC3)no2)C[C@H]1N1CCOCC1. The summed E-state index contributed by atoms with van der Waals surface area (Å²) in [6.45, 7) is 7.56. The van der Waals surface area contributed by atoms with Gasteiger partial charge in [0.25, 0.3) is 0 Å². The predicted molar refractivity (Wildman–Crippen MR) is 91.1 cm³/mol. The van der Waals surface area contributed by atoms with Crippen LogP contribution >= 0.6 is 0 Å². The fourth-order valence-electron chi connectivity index (χ4n) is 3.96. The second-order valence-electron chi connectivity index (χ2n) is 7.67. The fraction of sp³-hybridized carbons (Fsp3) is 0.833. The lowest BCUT2D eigenvalue weighted by Gasteiger charge is -2.34. The van der Waals surface area contributed by atoms with Gasteiger partial charge in [-0.25, -0.2) is 0 Å². The van der Waals surface area contributed by atoms with Gasteiger partial charge in [0.15, 0.2) is 5.82 Å². The maximum Gasteiger partial charge on any atom is 0.226 e. The molecule has 2 saturated heterocycles. The highest BCUT2D eigenvalue weighted by atomic mass is 16.5. The van der Waals surface area contributed by atoms with Gasteiger partial charge in [-0.05, 0) is 25.2 Å². The smallest absolute Gasteiger partial charge is 0.226 e. The van der Waals surface area contributed by atoms with Gasteiger partial charge in [0.05, 0.1) is 13.2 Å². The van der Waals surface area contributed by atoms with E-state index in [0.717, 1.165) is 51.6 Å². The molecule has 2 atom stereocenters. The van der Waals surface area contributed by atoms with Gasteiger partial charge in [0, 0.05) is 51.0 Å². The normalized spacial score (nSPS) is 27.8. The van der Waals surface area contributed by atoms with E-state index >= 15 is 0 Å². The minimum Gasteiger partial charge on any atom is -0.379 e. The number of carbonyl (C=O) groups is 1. The van der Waals surface area contributed by atoms with Crippen LogP contribution in [0, 0.1) is 5.92 Å². The number of likely N-dealkylation sites (tertiary alicyclic amines) is 1. The summed E-state index contributed by atoms with van der Waals surface area (Å²) in [7, 11) is 0. The number of amides is 1. The van der Waals surface area contributed by atoms with Crippen molar-refractivity contribution in [1.82, 2.24) is 19.9 Å². The zero-order valence-electron chi connectivity index (χ0n) is 15.0. The maximum absolute atomic E-state index is 12.5. The molecule has 25 heavy (non-hydrogen) atoms. The third kappa shape index (κ3) is 4.03. The van der Waals surface area contributed by atoms with Crippen molar-refractivity contribution in [3.8, 4) is 0 Å². The zero-order chi connectivity index (χ0) is 17.2. The molecule has 138 valence electrons. The number of nitrogens with zero attached hydrogens (tertiary/aromatic N) is 4. The van der Waals surface area contributed by atoms with E-state index in [2.05, 4.69) is 22.0 Å². The summed E-state index contributed by atoms with van der Waals surface area (Å²) in [6.07, 6.45) is 4.38.